The topological polar surface area (TPSA) is 61.4 Å². The molecule has 0 aromatic heterocycles. The lowest BCUT2D eigenvalue weighted by atomic mass is 9.87. The molecule has 0 saturated heterocycles. The highest BCUT2D eigenvalue weighted by atomic mass is 16.2. The fourth-order valence-electron chi connectivity index (χ4n) is 2.68. The Morgan fingerprint density at radius 1 is 0.821 bits per heavy atom. The number of amides is 2. The maximum Gasteiger partial charge on any atom is 0.251 e. The Labute approximate surface area is 168 Å². The van der Waals surface area contributed by atoms with Crippen molar-refractivity contribution in [3.8, 4) is 0 Å². The van der Waals surface area contributed by atoms with Crippen molar-refractivity contribution < 1.29 is 9.59 Å². The van der Waals surface area contributed by atoms with Crippen LogP contribution in [0.1, 0.15) is 52.6 Å². The van der Waals surface area contributed by atoms with Crippen molar-refractivity contribution in [2.45, 2.75) is 32.7 Å². The number of nitrogens with one attached hydrogen (secondary N) is 2. The standard InChI is InChI=1S/C23H31N3O2/c1-23(2,3)20-12-10-19(11-13-20)22(28)25-16-17-6-8-18(9-7-17)21(27)24-14-15-26(4)5/h6-13H,14-16H2,1-5H3,(H,24,27)(H,25,28). The van der Waals surface area contributed by atoms with Gasteiger partial charge in [-0.25, -0.2) is 0 Å². The third kappa shape index (κ3) is 6.50. The van der Waals surface area contributed by atoms with Crippen LogP contribution in [-0.2, 0) is 12.0 Å². The summed E-state index contributed by atoms with van der Waals surface area (Å²) >= 11 is 0. The molecule has 2 N–H and O–H groups in total. The Balaban J connectivity index is 1.87. The number of carbonyl (C=O) groups excluding carboxylic acids is 2. The van der Waals surface area contributed by atoms with Crippen molar-refractivity contribution in [3.05, 3.63) is 70.8 Å². The molecule has 2 aromatic carbocycles. The number of carbonyl (C=O) groups is 2. The number of nitrogens with zero attached hydrogens (tertiary/aromatic N) is 1. The molecular weight excluding hydrogens is 350 g/mol. The van der Waals surface area contributed by atoms with Gasteiger partial charge < -0.3 is 15.5 Å². The number of rotatable bonds is 7. The first-order chi connectivity index (χ1) is 13.2. The van der Waals surface area contributed by atoms with E-state index in [0.717, 1.165) is 12.1 Å². The second-order valence-electron chi connectivity index (χ2n) is 8.27. The molecule has 2 rings (SSSR count). The predicted octanol–water partition coefficient (Wildman–Crippen LogP) is 3.21. The van der Waals surface area contributed by atoms with Gasteiger partial charge in [-0.1, -0.05) is 45.0 Å². The number of benzene rings is 2. The minimum Gasteiger partial charge on any atom is -0.351 e. The monoisotopic (exact) mass is 381 g/mol. The van der Waals surface area contributed by atoms with Crippen molar-refractivity contribution >= 4 is 11.8 Å². The highest BCUT2D eigenvalue weighted by Gasteiger charge is 2.14. The lowest BCUT2D eigenvalue weighted by molar-refractivity contribution is 0.0941. The van der Waals surface area contributed by atoms with Gasteiger partial charge in [-0.3, -0.25) is 9.59 Å². The third-order valence-corrected chi connectivity index (χ3v) is 4.53. The van der Waals surface area contributed by atoms with Gasteiger partial charge >= 0.3 is 0 Å². The fourth-order valence-corrected chi connectivity index (χ4v) is 2.68. The minimum absolute atomic E-state index is 0.0650. The van der Waals surface area contributed by atoms with Crippen LogP contribution in [0, 0.1) is 0 Å². The Hall–Kier alpha value is -2.66. The highest BCUT2D eigenvalue weighted by molar-refractivity contribution is 5.95. The zero-order valence-electron chi connectivity index (χ0n) is 17.5. The molecule has 150 valence electrons. The fraction of sp³-hybridized carbons (Fsp3) is 0.391. The van der Waals surface area contributed by atoms with E-state index in [4.69, 9.17) is 0 Å². The van der Waals surface area contributed by atoms with Gasteiger partial charge in [0.05, 0.1) is 0 Å². The van der Waals surface area contributed by atoms with Crippen molar-refractivity contribution in [1.29, 1.82) is 0 Å². The summed E-state index contributed by atoms with van der Waals surface area (Å²) in [6.45, 7) is 8.27. The van der Waals surface area contributed by atoms with E-state index in [1.165, 1.54) is 5.56 Å². The average Bonchev–Trinajstić information content (AvgIpc) is 2.65. The summed E-state index contributed by atoms with van der Waals surface area (Å²) in [5.74, 6) is -0.192. The van der Waals surface area contributed by atoms with Crippen LogP contribution in [0.3, 0.4) is 0 Å². The molecule has 5 nitrogen and oxygen atoms in total. The van der Waals surface area contributed by atoms with Crippen molar-refractivity contribution in [2.75, 3.05) is 27.2 Å². The van der Waals surface area contributed by atoms with Gasteiger partial charge in [0, 0.05) is 30.8 Å². The summed E-state index contributed by atoms with van der Waals surface area (Å²) in [6, 6.07) is 15.0. The molecular formula is C23H31N3O2. The molecule has 0 heterocycles. The largest absolute Gasteiger partial charge is 0.351 e. The van der Waals surface area contributed by atoms with Gasteiger partial charge in [0.25, 0.3) is 11.8 Å². The zero-order valence-corrected chi connectivity index (χ0v) is 17.5. The third-order valence-electron chi connectivity index (χ3n) is 4.53. The van der Waals surface area contributed by atoms with Crippen molar-refractivity contribution in [3.63, 3.8) is 0 Å². The summed E-state index contributed by atoms with van der Waals surface area (Å²) in [5, 5.41) is 5.81. The Morgan fingerprint density at radius 3 is 1.82 bits per heavy atom. The van der Waals surface area contributed by atoms with Crippen molar-refractivity contribution in [1.82, 2.24) is 15.5 Å². The normalized spacial score (nSPS) is 11.4. The summed E-state index contributed by atoms with van der Waals surface area (Å²) in [7, 11) is 3.93. The highest BCUT2D eigenvalue weighted by Crippen LogP contribution is 2.22. The smallest absolute Gasteiger partial charge is 0.251 e. The van der Waals surface area contributed by atoms with Crippen molar-refractivity contribution in [2.24, 2.45) is 0 Å². The second kappa shape index (κ2) is 9.51. The van der Waals surface area contributed by atoms with Gasteiger partial charge in [0.15, 0.2) is 0 Å². The molecule has 0 bridgehead atoms. The number of likely N-dealkylation sites (N-methyl/N-ethyl adjacent to an activating group) is 1. The van der Waals surface area contributed by atoms with Crippen LogP contribution < -0.4 is 10.6 Å². The van der Waals surface area contributed by atoms with E-state index in [1.807, 2.05) is 55.4 Å². The van der Waals surface area contributed by atoms with Gasteiger partial charge in [-0.2, -0.15) is 0 Å². The summed E-state index contributed by atoms with van der Waals surface area (Å²) in [4.78, 5) is 26.5. The van der Waals surface area contributed by atoms with E-state index in [1.54, 1.807) is 12.1 Å². The quantitative estimate of drug-likeness (QED) is 0.774. The SMILES string of the molecule is CN(C)CCNC(=O)c1ccc(CNC(=O)c2ccc(C(C)(C)C)cc2)cc1. The van der Waals surface area contributed by atoms with Crippen LogP contribution in [0.5, 0.6) is 0 Å². The van der Waals surface area contributed by atoms with Gasteiger partial charge in [0.2, 0.25) is 0 Å². The Bertz CT molecular complexity index is 788. The molecule has 0 fully saturated rings. The molecule has 0 aliphatic rings. The molecule has 0 aliphatic heterocycles. The molecule has 28 heavy (non-hydrogen) atoms. The van der Waals surface area contributed by atoms with Gasteiger partial charge in [-0.15, -0.1) is 0 Å². The first kappa shape index (κ1) is 21.6. The van der Waals surface area contributed by atoms with Crippen LogP contribution in [0.4, 0.5) is 0 Å². The minimum atomic E-state index is -0.106. The van der Waals surface area contributed by atoms with Gasteiger partial charge in [-0.05, 0) is 54.9 Å². The first-order valence-corrected chi connectivity index (χ1v) is 9.57. The predicted molar refractivity (Wildman–Crippen MR) is 114 cm³/mol. The summed E-state index contributed by atoms with van der Waals surface area (Å²) in [6.07, 6.45) is 0. The average molecular weight is 382 g/mol. The van der Waals surface area contributed by atoms with E-state index in [0.29, 0.717) is 24.2 Å². The van der Waals surface area contributed by atoms with E-state index in [9.17, 15) is 9.59 Å². The number of hydrogen-bond donors (Lipinski definition) is 2. The number of hydrogen-bond acceptors (Lipinski definition) is 3. The molecule has 0 radical (unpaired) electrons. The van der Waals surface area contributed by atoms with Crippen LogP contribution in [0.2, 0.25) is 0 Å². The van der Waals surface area contributed by atoms with Gasteiger partial charge in [0.1, 0.15) is 0 Å². The molecule has 0 spiro atoms. The molecule has 5 heteroatoms. The van der Waals surface area contributed by atoms with Crippen LogP contribution >= 0.6 is 0 Å². The molecule has 2 aromatic rings. The van der Waals surface area contributed by atoms with E-state index < -0.39 is 0 Å². The maximum atomic E-state index is 12.3. The summed E-state index contributed by atoms with van der Waals surface area (Å²) in [5.41, 5.74) is 3.47. The molecule has 0 unspecified atom stereocenters. The van der Waals surface area contributed by atoms with Crippen LogP contribution in [0.25, 0.3) is 0 Å². The Morgan fingerprint density at radius 2 is 1.32 bits per heavy atom. The zero-order chi connectivity index (χ0) is 20.7. The molecule has 0 atom stereocenters. The first-order valence-electron chi connectivity index (χ1n) is 9.57. The lowest BCUT2D eigenvalue weighted by Gasteiger charge is -2.19. The Kier molecular flexibility index (Phi) is 7.35. The molecule has 2 amide bonds. The lowest BCUT2D eigenvalue weighted by Crippen LogP contribution is -2.31. The summed E-state index contributed by atoms with van der Waals surface area (Å²) < 4.78 is 0. The van der Waals surface area contributed by atoms with E-state index in [2.05, 4.69) is 31.4 Å². The van der Waals surface area contributed by atoms with E-state index in [-0.39, 0.29) is 17.2 Å². The maximum absolute atomic E-state index is 12.3. The second-order valence-corrected chi connectivity index (χ2v) is 8.27. The molecule has 0 saturated carbocycles. The van der Waals surface area contributed by atoms with Crippen LogP contribution in [0.15, 0.2) is 48.5 Å². The van der Waals surface area contributed by atoms with Crippen LogP contribution in [-0.4, -0.2) is 43.9 Å². The van der Waals surface area contributed by atoms with E-state index >= 15 is 0 Å². The molecule has 0 aliphatic carbocycles.